The maximum absolute atomic E-state index is 13.6. The molecule has 0 aliphatic carbocycles. The quantitative estimate of drug-likeness (QED) is 0.0346. The number of urea groups is 2. The van der Waals surface area contributed by atoms with Crippen molar-refractivity contribution in [1.82, 2.24) is 15.3 Å². The average Bonchev–Trinajstić information content (AvgIpc) is 3.14. The minimum absolute atomic E-state index is 0.0128. The Hall–Kier alpha value is -6.20. The molecule has 0 atom stereocenters. The van der Waals surface area contributed by atoms with Gasteiger partial charge in [0.15, 0.2) is 0 Å². The highest BCUT2D eigenvalue weighted by Crippen LogP contribution is 2.24. The number of ether oxygens (including phenoxy) is 1. The van der Waals surface area contributed by atoms with Crippen molar-refractivity contribution in [2.45, 2.75) is 25.9 Å². The maximum atomic E-state index is 13.6. The summed E-state index contributed by atoms with van der Waals surface area (Å²) in [6.07, 6.45) is 2.76. The van der Waals surface area contributed by atoms with Crippen LogP contribution in [0.3, 0.4) is 0 Å². The van der Waals surface area contributed by atoms with Crippen LogP contribution in [0, 0.1) is 0 Å². The Morgan fingerprint density at radius 3 is 1.88 bits per heavy atom. The van der Waals surface area contributed by atoms with Gasteiger partial charge in [-0.3, -0.25) is 10.0 Å². The Morgan fingerprint density at radius 1 is 0.680 bits per heavy atom. The fourth-order valence-corrected chi connectivity index (χ4v) is 5.42. The Labute approximate surface area is 290 Å². The lowest BCUT2D eigenvalue weighted by atomic mass is 10.1. The van der Waals surface area contributed by atoms with Gasteiger partial charge in [0.1, 0.15) is 0 Å². The van der Waals surface area contributed by atoms with Crippen molar-refractivity contribution >= 4 is 56.9 Å². The number of amides is 5. The molecule has 0 radical (unpaired) electrons. The molecule has 0 aliphatic rings. The van der Waals surface area contributed by atoms with Gasteiger partial charge in [-0.2, -0.15) is 0 Å². The largest absolute Gasteiger partial charge is 0.466 e. The summed E-state index contributed by atoms with van der Waals surface area (Å²) in [5.74, 6) is -1.45. The Bertz CT molecular complexity index is 1980. The van der Waals surface area contributed by atoms with Crippen LogP contribution in [0.5, 0.6) is 0 Å². The molecule has 0 saturated carbocycles. The summed E-state index contributed by atoms with van der Waals surface area (Å²) in [5.41, 5.74) is 3.19. The van der Waals surface area contributed by atoms with E-state index < -0.39 is 11.9 Å². The van der Waals surface area contributed by atoms with E-state index in [1.807, 2.05) is 109 Å². The van der Waals surface area contributed by atoms with E-state index in [4.69, 9.17) is 0 Å². The number of nitrogens with zero attached hydrogens (tertiary/aromatic N) is 2. The summed E-state index contributed by atoms with van der Waals surface area (Å²) < 4.78 is 4.46. The summed E-state index contributed by atoms with van der Waals surface area (Å²) >= 11 is 0. The standard InChI is InChI=1S/C39H39N5O6/c1-50-37(46)23-22-36(45)44(49)25-7-6-24-43(39(48)42-35-17-9-13-31-11-3-5-15-33(31)35)27-29-20-18-28(19-21-29)26-40-38(47)41-34-16-8-12-30-10-2-4-14-32(30)34/h2-5,8-23,49H,6-7,24-27H2,1H3,(H,42,48)(H2,40,41,47)/b23-22+. The fourth-order valence-electron chi connectivity index (χ4n) is 5.42. The number of nitrogens with one attached hydrogen (secondary N) is 3. The van der Waals surface area contributed by atoms with Crippen LogP contribution < -0.4 is 16.0 Å². The Morgan fingerprint density at radius 2 is 1.24 bits per heavy atom. The molecule has 0 heterocycles. The van der Waals surface area contributed by atoms with Crippen LogP contribution in [-0.4, -0.2) is 59.3 Å². The highest BCUT2D eigenvalue weighted by atomic mass is 16.5. The van der Waals surface area contributed by atoms with Gasteiger partial charge in [0.05, 0.1) is 18.5 Å². The molecule has 0 saturated heterocycles. The van der Waals surface area contributed by atoms with Crippen molar-refractivity contribution in [1.29, 1.82) is 0 Å². The van der Waals surface area contributed by atoms with Gasteiger partial charge >= 0.3 is 18.0 Å². The second kappa shape index (κ2) is 17.3. The van der Waals surface area contributed by atoms with Gasteiger partial charge in [-0.05, 0) is 46.9 Å². The number of rotatable bonds is 13. The topological polar surface area (TPSA) is 140 Å². The molecule has 5 aromatic rings. The molecule has 4 N–H and O–H groups in total. The number of fused-ring (bicyclic) bond motifs is 2. The molecule has 5 rings (SSSR count). The molecule has 0 fully saturated rings. The molecule has 0 unspecified atom stereocenters. The van der Waals surface area contributed by atoms with Gasteiger partial charge in [0.2, 0.25) is 0 Å². The molecule has 5 aromatic carbocycles. The van der Waals surface area contributed by atoms with Crippen molar-refractivity contribution < 1.29 is 29.1 Å². The molecule has 11 nitrogen and oxygen atoms in total. The van der Waals surface area contributed by atoms with E-state index in [1.165, 1.54) is 7.11 Å². The van der Waals surface area contributed by atoms with Crippen LogP contribution in [0.15, 0.2) is 121 Å². The molecule has 0 aromatic heterocycles. The smallest absolute Gasteiger partial charge is 0.330 e. The van der Waals surface area contributed by atoms with Crippen LogP contribution >= 0.6 is 0 Å². The van der Waals surface area contributed by atoms with Gasteiger partial charge in [-0.15, -0.1) is 0 Å². The number of hydrogen-bond donors (Lipinski definition) is 4. The molecule has 11 heteroatoms. The van der Waals surface area contributed by atoms with Crippen LogP contribution in [0.4, 0.5) is 21.0 Å². The van der Waals surface area contributed by atoms with E-state index in [0.717, 1.165) is 50.5 Å². The number of unbranched alkanes of at least 4 members (excludes halogenated alkanes) is 1. The van der Waals surface area contributed by atoms with E-state index in [-0.39, 0.29) is 18.6 Å². The van der Waals surface area contributed by atoms with Gasteiger partial charge in [0.25, 0.3) is 5.91 Å². The number of hydroxylamine groups is 2. The number of anilines is 2. The van der Waals surface area contributed by atoms with Crippen molar-refractivity contribution in [3.8, 4) is 0 Å². The van der Waals surface area contributed by atoms with Gasteiger partial charge in [-0.25, -0.2) is 19.4 Å². The van der Waals surface area contributed by atoms with Crippen LogP contribution in [0.2, 0.25) is 0 Å². The van der Waals surface area contributed by atoms with Gasteiger partial charge in [0, 0.05) is 49.1 Å². The summed E-state index contributed by atoms with van der Waals surface area (Å²) in [6, 6.07) is 34.2. The van der Waals surface area contributed by atoms with E-state index in [9.17, 15) is 24.4 Å². The third-order valence-corrected chi connectivity index (χ3v) is 8.07. The summed E-state index contributed by atoms with van der Waals surface area (Å²) in [6.45, 7) is 0.968. The van der Waals surface area contributed by atoms with Gasteiger partial charge < -0.3 is 25.6 Å². The average molecular weight is 674 g/mol. The van der Waals surface area contributed by atoms with Crippen molar-refractivity contribution in [2.24, 2.45) is 0 Å². The summed E-state index contributed by atoms with van der Waals surface area (Å²) in [7, 11) is 1.19. The van der Waals surface area contributed by atoms with Crippen LogP contribution in [0.25, 0.3) is 21.5 Å². The lowest BCUT2D eigenvalue weighted by molar-refractivity contribution is -0.159. The maximum Gasteiger partial charge on any atom is 0.330 e. The first-order valence-electron chi connectivity index (χ1n) is 16.2. The van der Waals surface area contributed by atoms with Crippen LogP contribution in [0.1, 0.15) is 24.0 Å². The molecule has 0 spiro atoms. The van der Waals surface area contributed by atoms with Crippen LogP contribution in [-0.2, 0) is 27.4 Å². The Kier molecular flexibility index (Phi) is 12.1. The third kappa shape index (κ3) is 9.68. The van der Waals surface area contributed by atoms with Gasteiger partial charge in [-0.1, -0.05) is 97.1 Å². The minimum Gasteiger partial charge on any atom is -0.466 e. The predicted octanol–water partition coefficient (Wildman–Crippen LogP) is 7.08. The first-order chi connectivity index (χ1) is 24.3. The lowest BCUT2D eigenvalue weighted by Gasteiger charge is -2.24. The van der Waals surface area contributed by atoms with E-state index in [1.54, 1.807) is 4.90 Å². The Balaban J connectivity index is 1.20. The number of carbonyl (C=O) groups is 4. The summed E-state index contributed by atoms with van der Waals surface area (Å²) in [5, 5.41) is 23.4. The molecule has 256 valence electrons. The molecular weight excluding hydrogens is 634 g/mol. The second-order valence-electron chi connectivity index (χ2n) is 11.6. The molecule has 5 amide bonds. The SMILES string of the molecule is COC(=O)/C=C/C(=O)N(O)CCCCN(Cc1ccc(CNC(=O)Nc2cccc3ccccc23)cc1)C(=O)Nc1cccc2ccccc12. The summed E-state index contributed by atoms with van der Waals surface area (Å²) in [4.78, 5) is 51.3. The zero-order valence-corrected chi connectivity index (χ0v) is 27.7. The molecule has 0 bridgehead atoms. The third-order valence-electron chi connectivity index (χ3n) is 8.07. The first kappa shape index (κ1) is 35.1. The van der Waals surface area contributed by atoms with Crippen molar-refractivity contribution in [3.05, 3.63) is 132 Å². The number of hydrogen-bond acceptors (Lipinski definition) is 6. The lowest BCUT2D eigenvalue weighted by Crippen LogP contribution is -2.36. The van der Waals surface area contributed by atoms with E-state index in [2.05, 4.69) is 20.7 Å². The highest BCUT2D eigenvalue weighted by molar-refractivity contribution is 6.02. The van der Waals surface area contributed by atoms with E-state index in [0.29, 0.717) is 43.2 Å². The first-order valence-corrected chi connectivity index (χ1v) is 16.2. The van der Waals surface area contributed by atoms with Crippen molar-refractivity contribution in [2.75, 3.05) is 30.8 Å². The zero-order valence-electron chi connectivity index (χ0n) is 27.7. The monoisotopic (exact) mass is 673 g/mol. The molecule has 50 heavy (non-hydrogen) atoms. The van der Waals surface area contributed by atoms with E-state index >= 15 is 0 Å². The molecular formula is C39H39N5O6. The highest BCUT2D eigenvalue weighted by Gasteiger charge is 2.17. The number of methoxy groups -OCH3 is 1. The van der Waals surface area contributed by atoms with Crippen molar-refractivity contribution in [3.63, 3.8) is 0 Å². The normalized spacial score (nSPS) is 10.9. The second-order valence-corrected chi connectivity index (χ2v) is 11.6. The fraction of sp³-hybridized carbons (Fsp3) is 0.179. The molecule has 0 aliphatic heterocycles. The minimum atomic E-state index is -0.749. The number of benzene rings is 5. The predicted molar refractivity (Wildman–Crippen MR) is 194 cm³/mol. The number of carbonyl (C=O) groups excluding carboxylic acids is 4. The number of esters is 1. The zero-order chi connectivity index (χ0) is 35.3.